The van der Waals surface area contributed by atoms with Gasteiger partial charge in [0, 0.05) is 13.0 Å². The van der Waals surface area contributed by atoms with Gasteiger partial charge in [0.1, 0.15) is 0 Å². The molecule has 0 aromatic heterocycles. The van der Waals surface area contributed by atoms with Crippen LogP contribution in [0.5, 0.6) is 0 Å². The van der Waals surface area contributed by atoms with Crippen LogP contribution in [0.25, 0.3) is 0 Å². The van der Waals surface area contributed by atoms with Crippen LogP contribution in [-0.4, -0.2) is 46.8 Å². The van der Waals surface area contributed by atoms with E-state index in [0.717, 1.165) is 12.8 Å². The smallest absolute Gasteiger partial charge is 0.0861 e. The van der Waals surface area contributed by atoms with Gasteiger partial charge in [0.15, 0.2) is 0 Å². The number of ether oxygens (including phenoxy) is 1. The van der Waals surface area contributed by atoms with Gasteiger partial charge in [-0.15, -0.1) is 0 Å². The monoisotopic (exact) mass is 202 g/mol. The second-order valence-corrected chi connectivity index (χ2v) is 3.53. The third kappa shape index (κ3) is 3.75. The fourth-order valence-electron chi connectivity index (χ4n) is 1.58. The molecular formula is C10H18O4. The van der Waals surface area contributed by atoms with E-state index < -0.39 is 12.2 Å². The molecule has 3 N–H and O–H groups in total. The second kappa shape index (κ2) is 6.14. The van der Waals surface area contributed by atoms with Gasteiger partial charge >= 0.3 is 0 Å². The van der Waals surface area contributed by atoms with Crippen molar-refractivity contribution in [3.8, 4) is 0 Å². The molecule has 1 unspecified atom stereocenters. The lowest BCUT2D eigenvalue weighted by atomic mass is 10.00. The largest absolute Gasteiger partial charge is 0.392 e. The molecule has 0 radical (unpaired) electrons. The first-order valence-corrected chi connectivity index (χ1v) is 4.99. The Morgan fingerprint density at radius 2 is 2.29 bits per heavy atom. The van der Waals surface area contributed by atoms with Gasteiger partial charge < -0.3 is 20.1 Å². The molecule has 14 heavy (non-hydrogen) atoms. The Bertz CT molecular complexity index is 181. The third-order valence-corrected chi connectivity index (χ3v) is 2.34. The molecule has 0 amide bonds. The first-order chi connectivity index (χ1) is 6.74. The van der Waals surface area contributed by atoms with E-state index in [1.54, 1.807) is 0 Å². The number of aliphatic hydroxyl groups is 3. The molecule has 0 bridgehead atoms. The van der Waals surface area contributed by atoms with Crippen molar-refractivity contribution in [3.63, 3.8) is 0 Å². The van der Waals surface area contributed by atoms with E-state index in [-0.39, 0.29) is 12.7 Å². The van der Waals surface area contributed by atoms with Gasteiger partial charge in [-0.25, -0.2) is 0 Å². The van der Waals surface area contributed by atoms with Gasteiger partial charge in [0.25, 0.3) is 0 Å². The highest BCUT2D eigenvalue weighted by molar-refractivity contribution is 4.91. The van der Waals surface area contributed by atoms with Gasteiger partial charge in [0.05, 0.1) is 24.9 Å². The van der Waals surface area contributed by atoms with Crippen LogP contribution in [0.1, 0.15) is 19.3 Å². The normalized spacial score (nSPS) is 30.8. The van der Waals surface area contributed by atoms with Crippen LogP contribution in [0.4, 0.5) is 0 Å². The fraction of sp³-hybridized carbons (Fsp3) is 0.800. The Morgan fingerprint density at radius 1 is 1.50 bits per heavy atom. The van der Waals surface area contributed by atoms with Gasteiger partial charge in [-0.2, -0.15) is 0 Å². The molecule has 1 aliphatic rings. The van der Waals surface area contributed by atoms with Crippen molar-refractivity contribution in [2.24, 2.45) is 0 Å². The zero-order valence-electron chi connectivity index (χ0n) is 8.17. The summed E-state index contributed by atoms with van der Waals surface area (Å²) in [6.07, 6.45) is 3.60. The first-order valence-electron chi connectivity index (χ1n) is 4.99. The van der Waals surface area contributed by atoms with Crippen LogP contribution in [0.15, 0.2) is 12.2 Å². The lowest BCUT2D eigenvalue weighted by Crippen LogP contribution is -2.36. The Labute approximate surface area is 83.8 Å². The minimum Gasteiger partial charge on any atom is -0.392 e. The number of hydrogen-bond donors (Lipinski definition) is 3. The zero-order chi connectivity index (χ0) is 10.4. The topological polar surface area (TPSA) is 69.9 Å². The standard InChI is InChI=1S/C10H18O4/c11-5-1-3-8(12)7-10-9(13)4-2-6-14-10/h1,3,8-13H,2,4-7H2/b3-1-/t8?,9-,10+/m0/s1. The molecule has 1 saturated heterocycles. The summed E-state index contributed by atoms with van der Waals surface area (Å²) >= 11 is 0. The van der Waals surface area contributed by atoms with E-state index >= 15 is 0 Å². The predicted octanol–water partition coefficient (Wildman–Crippen LogP) is -0.174. The minimum absolute atomic E-state index is 0.0782. The maximum absolute atomic E-state index is 9.53. The molecule has 1 heterocycles. The Balaban J connectivity index is 2.30. The Kier molecular flexibility index (Phi) is 5.11. The van der Waals surface area contributed by atoms with Crippen molar-refractivity contribution in [1.29, 1.82) is 0 Å². The Hall–Kier alpha value is -0.420. The lowest BCUT2D eigenvalue weighted by molar-refractivity contribution is -0.0870. The van der Waals surface area contributed by atoms with E-state index in [1.807, 2.05) is 0 Å². The molecule has 3 atom stereocenters. The highest BCUT2D eigenvalue weighted by Gasteiger charge is 2.25. The van der Waals surface area contributed by atoms with Gasteiger partial charge in [-0.3, -0.25) is 0 Å². The van der Waals surface area contributed by atoms with Crippen LogP contribution in [-0.2, 0) is 4.74 Å². The van der Waals surface area contributed by atoms with Gasteiger partial charge in [0.2, 0.25) is 0 Å². The van der Waals surface area contributed by atoms with Crippen molar-refractivity contribution in [2.45, 2.75) is 37.6 Å². The van der Waals surface area contributed by atoms with Crippen LogP contribution >= 0.6 is 0 Å². The fourth-order valence-corrected chi connectivity index (χ4v) is 1.58. The third-order valence-electron chi connectivity index (χ3n) is 2.34. The highest BCUT2D eigenvalue weighted by Crippen LogP contribution is 2.18. The summed E-state index contributed by atoms with van der Waals surface area (Å²) < 4.78 is 5.33. The lowest BCUT2D eigenvalue weighted by Gasteiger charge is -2.28. The average Bonchev–Trinajstić information content (AvgIpc) is 2.18. The molecule has 0 saturated carbocycles. The van der Waals surface area contributed by atoms with E-state index in [9.17, 15) is 10.2 Å². The van der Waals surface area contributed by atoms with Crippen LogP contribution < -0.4 is 0 Å². The summed E-state index contributed by atoms with van der Waals surface area (Å²) in [7, 11) is 0. The molecule has 1 aliphatic heterocycles. The predicted molar refractivity (Wildman–Crippen MR) is 51.8 cm³/mol. The van der Waals surface area contributed by atoms with Crippen LogP contribution in [0.3, 0.4) is 0 Å². The second-order valence-electron chi connectivity index (χ2n) is 3.53. The Morgan fingerprint density at radius 3 is 2.93 bits per heavy atom. The number of rotatable bonds is 4. The van der Waals surface area contributed by atoms with Crippen LogP contribution in [0, 0.1) is 0 Å². The number of hydrogen-bond acceptors (Lipinski definition) is 4. The molecule has 1 fully saturated rings. The molecule has 0 aromatic carbocycles. The first kappa shape index (κ1) is 11.7. The van der Waals surface area contributed by atoms with E-state index in [1.165, 1.54) is 12.2 Å². The molecule has 0 spiro atoms. The maximum atomic E-state index is 9.53. The zero-order valence-corrected chi connectivity index (χ0v) is 8.17. The van der Waals surface area contributed by atoms with Crippen molar-refractivity contribution < 1.29 is 20.1 Å². The molecule has 0 aliphatic carbocycles. The van der Waals surface area contributed by atoms with Crippen LogP contribution in [0.2, 0.25) is 0 Å². The highest BCUT2D eigenvalue weighted by atomic mass is 16.5. The molecule has 82 valence electrons. The summed E-state index contributed by atoms with van der Waals surface area (Å²) in [5.74, 6) is 0. The summed E-state index contributed by atoms with van der Waals surface area (Å²) in [5, 5.41) is 27.5. The van der Waals surface area contributed by atoms with Crippen molar-refractivity contribution in [1.82, 2.24) is 0 Å². The number of aliphatic hydroxyl groups excluding tert-OH is 3. The van der Waals surface area contributed by atoms with Crippen molar-refractivity contribution in [2.75, 3.05) is 13.2 Å². The maximum Gasteiger partial charge on any atom is 0.0861 e. The SMILES string of the molecule is OC/C=C\C(O)C[C@H]1OCCC[C@@H]1O. The van der Waals surface area contributed by atoms with Gasteiger partial charge in [-0.1, -0.05) is 12.2 Å². The summed E-state index contributed by atoms with van der Waals surface area (Å²) in [6.45, 7) is 0.573. The van der Waals surface area contributed by atoms with Crippen molar-refractivity contribution >= 4 is 0 Å². The molecule has 1 rings (SSSR count). The molecular weight excluding hydrogens is 184 g/mol. The van der Waals surface area contributed by atoms with E-state index in [2.05, 4.69) is 0 Å². The van der Waals surface area contributed by atoms with Gasteiger partial charge in [-0.05, 0) is 12.8 Å². The summed E-state index contributed by atoms with van der Waals surface area (Å²) in [6, 6.07) is 0. The molecule has 4 nitrogen and oxygen atoms in total. The quantitative estimate of drug-likeness (QED) is 0.553. The summed E-state index contributed by atoms with van der Waals surface area (Å²) in [4.78, 5) is 0. The molecule has 4 heteroatoms. The van der Waals surface area contributed by atoms with E-state index in [0.29, 0.717) is 13.0 Å². The minimum atomic E-state index is -0.653. The van der Waals surface area contributed by atoms with E-state index in [4.69, 9.17) is 9.84 Å². The molecule has 0 aromatic rings. The van der Waals surface area contributed by atoms with Crippen molar-refractivity contribution in [3.05, 3.63) is 12.2 Å². The average molecular weight is 202 g/mol. The summed E-state index contributed by atoms with van der Waals surface area (Å²) in [5.41, 5.74) is 0.